The van der Waals surface area contributed by atoms with E-state index < -0.39 is 0 Å². The number of hydrogen-bond donors (Lipinski definition) is 0. The second kappa shape index (κ2) is 14.4. The van der Waals surface area contributed by atoms with E-state index in [9.17, 15) is 0 Å². The summed E-state index contributed by atoms with van der Waals surface area (Å²) < 4.78 is 6.09. The number of benzene rings is 1. The Morgan fingerprint density at radius 2 is 1.64 bits per heavy atom. The molecule has 2 unspecified atom stereocenters. The van der Waals surface area contributed by atoms with Crippen LogP contribution in [-0.2, 0) is 6.42 Å². The first kappa shape index (κ1) is 25.8. The lowest BCUT2D eigenvalue weighted by molar-refractivity contribution is 0.190. The lowest BCUT2D eigenvalue weighted by atomic mass is 9.74. The van der Waals surface area contributed by atoms with Crippen LogP contribution in [-0.4, -0.2) is 11.6 Å². The number of aryl methyl sites for hydroxylation is 1. The van der Waals surface area contributed by atoms with Gasteiger partial charge in [-0.1, -0.05) is 84.6 Å². The van der Waals surface area contributed by atoms with Gasteiger partial charge in [0.05, 0.1) is 12.3 Å². The third-order valence-electron chi connectivity index (χ3n) is 7.83. The van der Waals surface area contributed by atoms with E-state index >= 15 is 0 Å². The smallest absolute Gasteiger partial charge is 0.119 e. The topological polar surface area (TPSA) is 22.1 Å². The van der Waals surface area contributed by atoms with Crippen molar-refractivity contribution in [2.24, 2.45) is 17.8 Å². The molecule has 3 atom stereocenters. The molecule has 33 heavy (non-hydrogen) atoms. The van der Waals surface area contributed by atoms with Gasteiger partial charge < -0.3 is 4.74 Å². The van der Waals surface area contributed by atoms with Crippen molar-refractivity contribution in [3.8, 4) is 17.0 Å². The maximum atomic E-state index is 6.09. The van der Waals surface area contributed by atoms with Gasteiger partial charge in [0, 0.05) is 11.8 Å². The summed E-state index contributed by atoms with van der Waals surface area (Å²) in [6.45, 7) is 7.73. The normalized spacial score (nSPS) is 19.4. The van der Waals surface area contributed by atoms with Crippen LogP contribution >= 0.6 is 0 Å². The van der Waals surface area contributed by atoms with Gasteiger partial charge >= 0.3 is 0 Å². The zero-order valence-electron chi connectivity index (χ0n) is 21.5. The van der Waals surface area contributed by atoms with Gasteiger partial charge in [-0.05, 0) is 79.3 Å². The van der Waals surface area contributed by atoms with Crippen molar-refractivity contribution in [2.45, 2.75) is 104 Å². The number of pyridine rings is 1. The Morgan fingerprint density at radius 1 is 0.909 bits per heavy atom. The summed E-state index contributed by atoms with van der Waals surface area (Å²) in [7, 11) is 0. The molecule has 1 aliphatic carbocycles. The minimum atomic E-state index is 0.784. The van der Waals surface area contributed by atoms with Crippen molar-refractivity contribution in [2.75, 3.05) is 6.61 Å². The van der Waals surface area contributed by atoms with Gasteiger partial charge in [-0.3, -0.25) is 4.98 Å². The monoisotopic (exact) mass is 449 g/mol. The fourth-order valence-corrected chi connectivity index (χ4v) is 5.32. The predicted molar refractivity (Wildman–Crippen MR) is 142 cm³/mol. The highest BCUT2D eigenvalue weighted by molar-refractivity contribution is 5.60. The van der Waals surface area contributed by atoms with E-state index in [1.165, 1.54) is 82.6 Å². The maximum absolute atomic E-state index is 6.09. The van der Waals surface area contributed by atoms with Gasteiger partial charge in [0.2, 0.25) is 0 Å². The third-order valence-corrected chi connectivity index (χ3v) is 7.83. The average molecular weight is 450 g/mol. The van der Waals surface area contributed by atoms with Crippen LogP contribution < -0.4 is 4.74 Å². The first-order chi connectivity index (χ1) is 16.2. The van der Waals surface area contributed by atoms with Crippen LogP contribution in [0.4, 0.5) is 0 Å². The molecule has 0 saturated heterocycles. The van der Waals surface area contributed by atoms with Crippen LogP contribution in [0.2, 0.25) is 0 Å². The zero-order chi connectivity index (χ0) is 23.3. The third kappa shape index (κ3) is 8.80. The molecule has 0 radical (unpaired) electrons. The Bertz CT molecular complexity index is 767. The molecular formula is C31H47NO. The minimum absolute atomic E-state index is 0.784. The SMILES string of the molecule is CCCCCC1CCCCC1CCCOc1ccc(-c2ccc(CC[C@@H](C)CC)cn2)cc1. The number of rotatable bonds is 14. The van der Waals surface area contributed by atoms with Gasteiger partial charge in [-0.25, -0.2) is 0 Å². The summed E-state index contributed by atoms with van der Waals surface area (Å²) in [5.74, 6) is 3.67. The molecule has 0 bridgehead atoms. The molecule has 3 rings (SSSR count). The Labute approximate surface area is 203 Å². The van der Waals surface area contributed by atoms with Crippen LogP contribution in [0.25, 0.3) is 11.3 Å². The fourth-order valence-electron chi connectivity index (χ4n) is 5.32. The molecule has 1 aromatic heterocycles. The lowest BCUT2D eigenvalue weighted by Gasteiger charge is -2.31. The molecule has 0 N–H and O–H groups in total. The van der Waals surface area contributed by atoms with Crippen molar-refractivity contribution in [3.63, 3.8) is 0 Å². The predicted octanol–water partition coefficient (Wildman–Crippen LogP) is 9.27. The molecule has 0 spiro atoms. The second-order valence-corrected chi connectivity index (χ2v) is 10.4. The number of unbranched alkanes of at least 4 members (excludes halogenated alkanes) is 2. The Balaban J connectivity index is 1.40. The molecular weight excluding hydrogens is 402 g/mol. The van der Waals surface area contributed by atoms with Gasteiger partial charge in [-0.15, -0.1) is 0 Å². The van der Waals surface area contributed by atoms with Crippen molar-refractivity contribution in [1.29, 1.82) is 0 Å². The maximum Gasteiger partial charge on any atom is 0.119 e. The van der Waals surface area contributed by atoms with Gasteiger partial charge in [-0.2, -0.15) is 0 Å². The molecule has 1 saturated carbocycles. The van der Waals surface area contributed by atoms with Gasteiger partial charge in [0.15, 0.2) is 0 Å². The summed E-state index contributed by atoms with van der Waals surface area (Å²) in [5, 5.41) is 0. The lowest BCUT2D eigenvalue weighted by Crippen LogP contribution is -2.20. The summed E-state index contributed by atoms with van der Waals surface area (Å²) in [6.07, 6.45) is 19.6. The van der Waals surface area contributed by atoms with Crippen molar-refractivity contribution >= 4 is 0 Å². The molecule has 0 amide bonds. The summed E-state index contributed by atoms with van der Waals surface area (Å²) >= 11 is 0. The largest absolute Gasteiger partial charge is 0.494 e. The van der Waals surface area contributed by atoms with Crippen LogP contribution in [0.15, 0.2) is 42.6 Å². The van der Waals surface area contributed by atoms with E-state index in [-0.39, 0.29) is 0 Å². The van der Waals surface area contributed by atoms with Crippen LogP contribution in [0.5, 0.6) is 5.75 Å². The molecule has 1 fully saturated rings. The fraction of sp³-hybridized carbons (Fsp3) is 0.645. The quantitative estimate of drug-likeness (QED) is 0.268. The molecule has 2 heteroatoms. The van der Waals surface area contributed by atoms with E-state index in [1.807, 2.05) is 6.20 Å². The van der Waals surface area contributed by atoms with Crippen LogP contribution in [0.3, 0.4) is 0 Å². The molecule has 1 aromatic carbocycles. The summed E-state index contributed by atoms with van der Waals surface area (Å²) in [5.41, 5.74) is 3.54. The van der Waals surface area contributed by atoms with Crippen LogP contribution in [0.1, 0.15) is 103 Å². The second-order valence-electron chi connectivity index (χ2n) is 10.4. The van der Waals surface area contributed by atoms with Crippen molar-refractivity contribution < 1.29 is 4.74 Å². The standard InChI is InChI=1S/C31H47NO/c1-4-6-7-11-27-12-8-9-13-28(27)14-10-23-33-30-20-18-29(19-21-30)31-22-17-26(24-32-31)16-15-25(3)5-2/h17-22,24-25,27-28H,4-16,23H2,1-3H3/t25-,27?,28?/m0/s1. The highest BCUT2D eigenvalue weighted by Gasteiger charge is 2.24. The molecule has 0 aliphatic heterocycles. The highest BCUT2D eigenvalue weighted by Crippen LogP contribution is 2.36. The minimum Gasteiger partial charge on any atom is -0.494 e. The number of nitrogens with zero attached hydrogens (tertiary/aromatic N) is 1. The summed E-state index contributed by atoms with van der Waals surface area (Å²) in [4.78, 5) is 4.70. The number of hydrogen-bond acceptors (Lipinski definition) is 2. The number of ether oxygens (including phenoxy) is 1. The van der Waals surface area contributed by atoms with Gasteiger partial charge in [0.1, 0.15) is 5.75 Å². The van der Waals surface area contributed by atoms with E-state index in [4.69, 9.17) is 9.72 Å². The first-order valence-corrected chi connectivity index (χ1v) is 13.9. The Kier molecular flexibility index (Phi) is 11.3. The molecule has 1 aliphatic rings. The number of aromatic nitrogens is 1. The van der Waals surface area contributed by atoms with Crippen molar-refractivity contribution in [1.82, 2.24) is 4.98 Å². The Hall–Kier alpha value is -1.83. The van der Waals surface area contributed by atoms with E-state index in [0.717, 1.165) is 47.8 Å². The van der Waals surface area contributed by atoms with Gasteiger partial charge in [0.25, 0.3) is 0 Å². The Morgan fingerprint density at radius 3 is 2.27 bits per heavy atom. The zero-order valence-corrected chi connectivity index (χ0v) is 21.5. The average Bonchev–Trinajstić information content (AvgIpc) is 2.87. The van der Waals surface area contributed by atoms with E-state index in [0.29, 0.717) is 0 Å². The van der Waals surface area contributed by atoms with E-state index in [2.05, 4.69) is 57.2 Å². The molecule has 182 valence electrons. The summed E-state index contributed by atoms with van der Waals surface area (Å²) in [6, 6.07) is 12.9. The highest BCUT2D eigenvalue weighted by atomic mass is 16.5. The molecule has 1 heterocycles. The van der Waals surface area contributed by atoms with E-state index in [1.54, 1.807) is 0 Å². The van der Waals surface area contributed by atoms with Crippen molar-refractivity contribution in [3.05, 3.63) is 48.2 Å². The molecule has 2 aromatic rings. The molecule has 2 nitrogen and oxygen atoms in total. The van der Waals surface area contributed by atoms with Crippen LogP contribution in [0, 0.1) is 17.8 Å². The first-order valence-electron chi connectivity index (χ1n) is 13.9.